The van der Waals surface area contributed by atoms with E-state index in [1.165, 1.54) is 0 Å². The fourth-order valence-corrected chi connectivity index (χ4v) is 1.83. The van der Waals surface area contributed by atoms with Gasteiger partial charge >= 0.3 is 0 Å². The maximum Gasteiger partial charge on any atom is 0.137 e. The SMILES string of the molecule is CCc1nc(N)c(C)c(N(C)Cc2ccoc2)n1. The number of aryl methyl sites for hydroxylation is 1. The number of anilines is 2. The van der Waals surface area contributed by atoms with Crippen LogP contribution in [-0.2, 0) is 13.0 Å². The molecule has 0 bridgehead atoms. The Bertz CT molecular complexity index is 522. The first-order chi connectivity index (χ1) is 8.61. The second-order valence-corrected chi connectivity index (χ2v) is 4.31. The lowest BCUT2D eigenvalue weighted by atomic mass is 10.2. The van der Waals surface area contributed by atoms with Crippen LogP contribution in [0, 0.1) is 6.92 Å². The van der Waals surface area contributed by atoms with Crippen molar-refractivity contribution in [2.24, 2.45) is 0 Å². The third kappa shape index (κ3) is 2.45. The number of furan rings is 1. The van der Waals surface area contributed by atoms with Gasteiger partial charge in [-0.1, -0.05) is 6.92 Å². The lowest BCUT2D eigenvalue weighted by Gasteiger charge is -2.20. The van der Waals surface area contributed by atoms with Crippen LogP contribution in [0.25, 0.3) is 0 Å². The van der Waals surface area contributed by atoms with Crippen LogP contribution in [-0.4, -0.2) is 17.0 Å². The van der Waals surface area contributed by atoms with E-state index < -0.39 is 0 Å². The van der Waals surface area contributed by atoms with Crippen LogP contribution in [0.2, 0.25) is 0 Å². The molecule has 2 rings (SSSR count). The zero-order valence-corrected chi connectivity index (χ0v) is 11.0. The topological polar surface area (TPSA) is 68.2 Å². The molecular formula is C13H18N4O. The summed E-state index contributed by atoms with van der Waals surface area (Å²) in [6, 6.07) is 1.94. The zero-order chi connectivity index (χ0) is 13.1. The van der Waals surface area contributed by atoms with Gasteiger partial charge in [-0.3, -0.25) is 0 Å². The minimum absolute atomic E-state index is 0.552. The number of nitrogens with two attached hydrogens (primary N) is 1. The second-order valence-electron chi connectivity index (χ2n) is 4.31. The molecule has 0 fully saturated rings. The van der Waals surface area contributed by atoms with E-state index in [9.17, 15) is 0 Å². The summed E-state index contributed by atoms with van der Waals surface area (Å²) in [6.07, 6.45) is 4.18. The van der Waals surface area contributed by atoms with Gasteiger partial charge in [-0.15, -0.1) is 0 Å². The predicted octanol–water partition coefficient (Wildman–Crippen LogP) is 2.16. The van der Waals surface area contributed by atoms with Crippen molar-refractivity contribution in [2.45, 2.75) is 26.8 Å². The molecule has 5 heteroatoms. The Morgan fingerprint density at radius 1 is 1.39 bits per heavy atom. The Labute approximate surface area is 107 Å². The van der Waals surface area contributed by atoms with E-state index in [0.717, 1.165) is 35.7 Å². The van der Waals surface area contributed by atoms with E-state index in [0.29, 0.717) is 5.82 Å². The number of hydrogen-bond acceptors (Lipinski definition) is 5. The Hall–Kier alpha value is -2.04. The summed E-state index contributed by atoms with van der Waals surface area (Å²) < 4.78 is 5.07. The molecule has 2 N–H and O–H groups in total. The van der Waals surface area contributed by atoms with Crippen molar-refractivity contribution in [3.8, 4) is 0 Å². The Kier molecular flexibility index (Phi) is 3.50. The fraction of sp³-hybridized carbons (Fsp3) is 0.385. The van der Waals surface area contributed by atoms with E-state index in [1.54, 1.807) is 12.5 Å². The van der Waals surface area contributed by atoms with Gasteiger partial charge in [-0.05, 0) is 13.0 Å². The molecule has 2 aromatic heterocycles. The summed E-state index contributed by atoms with van der Waals surface area (Å²) in [4.78, 5) is 10.8. The highest BCUT2D eigenvalue weighted by molar-refractivity contribution is 5.56. The van der Waals surface area contributed by atoms with Gasteiger partial charge in [0.15, 0.2) is 0 Å². The van der Waals surface area contributed by atoms with Crippen molar-refractivity contribution in [1.29, 1.82) is 0 Å². The molecule has 0 amide bonds. The molecule has 0 saturated heterocycles. The summed E-state index contributed by atoms with van der Waals surface area (Å²) in [5.41, 5.74) is 7.93. The highest BCUT2D eigenvalue weighted by Crippen LogP contribution is 2.22. The third-order valence-electron chi connectivity index (χ3n) is 2.88. The number of aromatic nitrogens is 2. The number of hydrogen-bond donors (Lipinski definition) is 1. The van der Waals surface area contributed by atoms with Gasteiger partial charge in [0.2, 0.25) is 0 Å². The monoisotopic (exact) mass is 246 g/mol. The van der Waals surface area contributed by atoms with Gasteiger partial charge in [0.1, 0.15) is 17.5 Å². The lowest BCUT2D eigenvalue weighted by molar-refractivity contribution is 0.563. The first-order valence-corrected chi connectivity index (χ1v) is 5.97. The first kappa shape index (κ1) is 12.4. The van der Waals surface area contributed by atoms with Crippen LogP contribution in [0.5, 0.6) is 0 Å². The molecule has 0 aliphatic rings. The maximum atomic E-state index is 5.91. The largest absolute Gasteiger partial charge is 0.472 e. The molecule has 0 atom stereocenters. The molecule has 0 spiro atoms. The van der Waals surface area contributed by atoms with Crippen molar-refractivity contribution in [3.63, 3.8) is 0 Å². The van der Waals surface area contributed by atoms with E-state index in [4.69, 9.17) is 10.2 Å². The summed E-state index contributed by atoms with van der Waals surface area (Å²) in [6.45, 7) is 4.69. The molecule has 0 aliphatic carbocycles. The van der Waals surface area contributed by atoms with E-state index in [2.05, 4.69) is 14.9 Å². The summed E-state index contributed by atoms with van der Waals surface area (Å²) >= 11 is 0. The standard InChI is InChI=1S/C13H18N4O/c1-4-11-15-12(14)9(2)13(16-11)17(3)7-10-5-6-18-8-10/h5-6,8H,4,7H2,1-3H3,(H2,14,15,16). The number of nitrogen functional groups attached to an aromatic ring is 1. The van der Waals surface area contributed by atoms with Crippen LogP contribution in [0.15, 0.2) is 23.0 Å². The van der Waals surface area contributed by atoms with Crippen molar-refractivity contribution < 1.29 is 4.42 Å². The minimum Gasteiger partial charge on any atom is -0.472 e. The van der Waals surface area contributed by atoms with Crippen LogP contribution < -0.4 is 10.6 Å². The molecule has 18 heavy (non-hydrogen) atoms. The third-order valence-corrected chi connectivity index (χ3v) is 2.88. The van der Waals surface area contributed by atoms with Crippen LogP contribution in [0.3, 0.4) is 0 Å². The molecular weight excluding hydrogens is 228 g/mol. The molecule has 0 radical (unpaired) electrons. The van der Waals surface area contributed by atoms with Gasteiger partial charge in [0, 0.05) is 31.1 Å². The number of nitrogens with zero attached hydrogens (tertiary/aromatic N) is 3. The average molecular weight is 246 g/mol. The Balaban J connectivity index is 2.29. The summed E-state index contributed by atoms with van der Waals surface area (Å²) in [7, 11) is 1.99. The highest BCUT2D eigenvalue weighted by Gasteiger charge is 2.12. The van der Waals surface area contributed by atoms with Crippen LogP contribution in [0.1, 0.15) is 23.9 Å². The van der Waals surface area contributed by atoms with Crippen molar-refractivity contribution in [1.82, 2.24) is 9.97 Å². The zero-order valence-electron chi connectivity index (χ0n) is 11.0. The van der Waals surface area contributed by atoms with Crippen molar-refractivity contribution in [3.05, 3.63) is 35.5 Å². The molecule has 0 aromatic carbocycles. The van der Waals surface area contributed by atoms with E-state index >= 15 is 0 Å². The van der Waals surface area contributed by atoms with Gasteiger partial charge < -0.3 is 15.1 Å². The minimum atomic E-state index is 0.552. The van der Waals surface area contributed by atoms with Gasteiger partial charge in [-0.2, -0.15) is 0 Å². The molecule has 96 valence electrons. The summed E-state index contributed by atoms with van der Waals surface area (Å²) in [5, 5.41) is 0. The van der Waals surface area contributed by atoms with Gasteiger partial charge in [0.25, 0.3) is 0 Å². The second kappa shape index (κ2) is 5.08. The molecule has 2 heterocycles. The maximum absolute atomic E-state index is 5.91. The Morgan fingerprint density at radius 2 is 2.17 bits per heavy atom. The van der Waals surface area contributed by atoms with Crippen molar-refractivity contribution in [2.75, 3.05) is 17.7 Å². The molecule has 0 aliphatic heterocycles. The predicted molar refractivity (Wildman–Crippen MR) is 71.4 cm³/mol. The van der Waals surface area contributed by atoms with E-state index in [1.807, 2.05) is 27.0 Å². The highest BCUT2D eigenvalue weighted by atomic mass is 16.3. The van der Waals surface area contributed by atoms with Gasteiger partial charge in [0.05, 0.1) is 12.5 Å². The van der Waals surface area contributed by atoms with Crippen LogP contribution >= 0.6 is 0 Å². The number of rotatable bonds is 4. The quantitative estimate of drug-likeness (QED) is 0.895. The fourth-order valence-electron chi connectivity index (χ4n) is 1.83. The lowest BCUT2D eigenvalue weighted by Crippen LogP contribution is -2.20. The first-order valence-electron chi connectivity index (χ1n) is 5.97. The van der Waals surface area contributed by atoms with Crippen molar-refractivity contribution >= 4 is 11.6 Å². The van der Waals surface area contributed by atoms with E-state index in [-0.39, 0.29) is 0 Å². The smallest absolute Gasteiger partial charge is 0.137 e. The van der Waals surface area contributed by atoms with Crippen LogP contribution in [0.4, 0.5) is 11.6 Å². The molecule has 2 aromatic rings. The Morgan fingerprint density at radius 3 is 2.78 bits per heavy atom. The molecule has 5 nitrogen and oxygen atoms in total. The molecule has 0 unspecified atom stereocenters. The van der Waals surface area contributed by atoms with Gasteiger partial charge in [-0.25, -0.2) is 9.97 Å². The average Bonchev–Trinajstić information content (AvgIpc) is 2.85. The summed E-state index contributed by atoms with van der Waals surface area (Å²) in [5.74, 6) is 2.20. The molecule has 0 saturated carbocycles. The normalized spacial score (nSPS) is 10.6.